The molecule has 0 fully saturated rings. The van der Waals surface area contributed by atoms with E-state index in [1.807, 2.05) is 0 Å². The average Bonchev–Trinajstić information content (AvgIpc) is 1.99. The molecule has 7 heteroatoms. The molecule has 13 heavy (non-hydrogen) atoms. The maximum Gasteiger partial charge on any atom is 0.491 e. The molecule has 0 aromatic heterocycles. The first-order chi connectivity index (χ1) is 5.95. The highest BCUT2D eigenvalue weighted by Crippen LogP contribution is 2.32. The molecule has 0 spiro atoms. The van der Waals surface area contributed by atoms with Gasteiger partial charge in [0.2, 0.25) is 0 Å². The smallest absolute Gasteiger partial charge is 0.423 e. The van der Waals surface area contributed by atoms with Gasteiger partial charge in [-0.2, -0.15) is 0 Å². The zero-order valence-corrected chi connectivity index (χ0v) is 11.6. The van der Waals surface area contributed by atoms with E-state index in [0.29, 0.717) is 8.95 Å². The van der Waals surface area contributed by atoms with E-state index in [9.17, 15) is 0 Å². The highest BCUT2D eigenvalue weighted by Gasteiger charge is 2.22. The van der Waals surface area contributed by atoms with Crippen LogP contribution in [0.5, 0.6) is 0 Å². The molecule has 0 amide bonds. The molecule has 70 valence electrons. The minimum atomic E-state index is -1.59. The van der Waals surface area contributed by atoms with Gasteiger partial charge in [-0.1, -0.05) is 27.5 Å². The summed E-state index contributed by atoms with van der Waals surface area (Å²) in [6, 6.07) is 1.69. The van der Waals surface area contributed by atoms with Crippen LogP contribution in [0.2, 0.25) is 5.02 Å². The van der Waals surface area contributed by atoms with E-state index in [-0.39, 0.29) is 10.5 Å². The predicted octanol–water partition coefficient (Wildman–Crippen LogP) is 2.31. The summed E-state index contributed by atoms with van der Waals surface area (Å²) in [4.78, 5) is 0. The van der Waals surface area contributed by atoms with E-state index in [4.69, 9.17) is 21.6 Å². The Balaban J connectivity index is 3.44. The Morgan fingerprint density at radius 3 is 2.15 bits per heavy atom. The summed E-state index contributed by atoms with van der Waals surface area (Å²) in [5, 5.41) is 18.3. The molecule has 2 nitrogen and oxygen atoms in total. The molecular weight excluding hydrogens is 390 g/mol. The van der Waals surface area contributed by atoms with Gasteiger partial charge in [-0.3, -0.25) is 0 Å². The molecule has 1 rings (SSSR count). The molecule has 0 unspecified atom stereocenters. The van der Waals surface area contributed by atoms with Gasteiger partial charge in [0, 0.05) is 14.4 Å². The van der Waals surface area contributed by atoms with Crippen LogP contribution in [0.3, 0.4) is 0 Å². The molecule has 0 aliphatic carbocycles. The van der Waals surface area contributed by atoms with Crippen molar-refractivity contribution in [1.82, 2.24) is 0 Å². The molecule has 0 radical (unpaired) electrons. The molecule has 0 saturated carbocycles. The number of rotatable bonds is 1. The van der Waals surface area contributed by atoms with Crippen LogP contribution in [0.4, 0.5) is 0 Å². The molecule has 0 bridgehead atoms. The monoisotopic (exact) mass is 390 g/mol. The minimum Gasteiger partial charge on any atom is -0.423 e. The Bertz CT molecular complexity index is 345. The number of benzene rings is 1. The van der Waals surface area contributed by atoms with Crippen LogP contribution in [-0.4, -0.2) is 17.2 Å². The number of hydrogen-bond acceptors (Lipinski definition) is 2. The van der Waals surface area contributed by atoms with Crippen molar-refractivity contribution in [1.29, 1.82) is 0 Å². The zero-order valence-electron chi connectivity index (χ0n) is 6.06. The van der Waals surface area contributed by atoms with Gasteiger partial charge in [-0.05, 0) is 37.9 Å². The summed E-state index contributed by atoms with van der Waals surface area (Å²) in [6.45, 7) is 0. The number of hydrogen-bond donors (Lipinski definition) is 2. The van der Waals surface area contributed by atoms with Gasteiger partial charge in [0.15, 0.2) is 0 Å². The Labute approximate surface area is 106 Å². The van der Waals surface area contributed by atoms with E-state index < -0.39 is 7.12 Å². The molecule has 0 aliphatic rings. The van der Waals surface area contributed by atoms with Crippen LogP contribution in [0.15, 0.2) is 19.5 Å². The van der Waals surface area contributed by atoms with E-state index in [2.05, 4.69) is 47.8 Å². The Hall–Kier alpha value is 0.935. The lowest BCUT2D eigenvalue weighted by atomic mass is 9.80. The van der Waals surface area contributed by atoms with Crippen LogP contribution in [0.25, 0.3) is 0 Å². The summed E-state index contributed by atoms with van der Waals surface area (Å²) in [5.41, 5.74) is 0.247. The van der Waals surface area contributed by atoms with Crippen LogP contribution in [0.1, 0.15) is 0 Å². The van der Waals surface area contributed by atoms with E-state index >= 15 is 0 Å². The van der Waals surface area contributed by atoms with Gasteiger partial charge in [0.1, 0.15) is 0 Å². The van der Waals surface area contributed by atoms with Gasteiger partial charge >= 0.3 is 7.12 Å². The Morgan fingerprint density at radius 2 is 1.69 bits per heavy atom. The third-order valence-electron chi connectivity index (χ3n) is 1.41. The van der Waals surface area contributed by atoms with Crippen molar-refractivity contribution >= 4 is 72.0 Å². The summed E-state index contributed by atoms with van der Waals surface area (Å²) >= 11 is 15.5. The first kappa shape index (κ1) is 12.0. The first-order valence-corrected chi connectivity index (χ1v) is 5.90. The normalized spacial score (nSPS) is 10.3. The molecule has 0 heterocycles. The zero-order chi connectivity index (χ0) is 10.2. The van der Waals surface area contributed by atoms with Crippen molar-refractivity contribution in [3.05, 3.63) is 24.5 Å². The largest absolute Gasteiger partial charge is 0.491 e. The van der Waals surface area contributed by atoms with Crippen LogP contribution in [-0.2, 0) is 0 Å². The van der Waals surface area contributed by atoms with Gasteiger partial charge in [-0.15, -0.1) is 0 Å². The van der Waals surface area contributed by atoms with Gasteiger partial charge in [-0.25, -0.2) is 0 Å². The second-order valence-corrected chi connectivity index (χ2v) is 5.14. The van der Waals surface area contributed by atoms with Crippen molar-refractivity contribution in [2.75, 3.05) is 0 Å². The number of halogens is 4. The van der Waals surface area contributed by atoms with E-state index in [1.165, 1.54) is 0 Å². The highest BCUT2D eigenvalue weighted by molar-refractivity contribution is 9.13. The summed E-state index contributed by atoms with van der Waals surface area (Å²) in [5.74, 6) is 0. The second-order valence-electron chi connectivity index (χ2n) is 2.26. The van der Waals surface area contributed by atoms with Crippen molar-refractivity contribution in [2.45, 2.75) is 0 Å². The van der Waals surface area contributed by atoms with E-state index in [0.717, 1.165) is 4.47 Å². The van der Waals surface area contributed by atoms with E-state index in [1.54, 1.807) is 6.07 Å². The SMILES string of the molecule is OB(O)c1c(Br)cc(Br)c(Br)c1Cl. The van der Waals surface area contributed by atoms with Gasteiger partial charge in [0.25, 0.3) is 0 Å². The van der Waals surface area contributed by atoms with Crippen molar-refractivity contribution in [3.8, 4) is 0 Å². The fraction of sp³-hybridized carbons (Fsp3) is 0. The van der Waals surface area contributed by atoms with Gasteiger partial charge in [0.05, 0.1) is 9.50 Å². The average molecular weight is 393 g/mol. The maximum atomic E-state index is 9.01. The molecule has 2 N–H and O–H groups in total. The fourth-order valence-corrected chi connectivity index (χ4v) is 3.04. The van der Waals surface area contributed by atoms with Crippen molar-refractivity contribution in [2.24, 2.45) is 0 Å². The summed E-state index contributed by atoms with van der Waals surface area (Å²) in [6.07, 6.45) is 0. The molecule has 0 atom stereocenters. The van der Waals surface area contributed by atoms with Crippen molar-refractivity contribution < 1.29 is 10.0 Å². The van der Waals surface area contributed by atoms with Crippen LogP contribution >= 0.6 is 59.4 Å². The Morgan fingerprint density at radius 1 is 1.15 bits per heavy atom. The lowest BCUT2D eigenvalue weighted by Crippen LogP contribution is -2.32. The maximum absolute atomic E-state index is 9.01. The summed E-state index contributed by atoms with van der Waals surface area (Å²) in [7, 11) is -1.59. The van der Waals surface area contributed by atoms with Crippen LogP contribution in [0, 0.1) is 0 Å². The van der Waals surface area contributed by atoms with Crippen molar-refractivity contribution in [3.63, 3.8) is 0 Å². The minimum absolute atomic E-state index is 0.247. The first-order valence-electron chi connectivity index (χ1n) is 3.14. The Kier molecular flexibility index (Phi) is 4.28. The summed E-state index contributed by atoms with van der Waals surface area (Å²) < 4.78 is 1.89. The third-order valence-corrected chi connectivity index (χ3v) is 4.67. The quantitative estimate of drug-likeness (QED) is 0.437. The highest BCUT2D eigenvalue weighted by atomic mass is 79.9. The fourth-order valence-electron chi connectivity index (χ4n) is 0.817. The topological polar surface area (TPSA) is 40.5 Å². The van der Waals surface area contributed by atoms with Crippen LogP contribution < -0.4 is 5.46 Å². The predicted molar refractivity (Wildman–Crippen MR) is 64.4 cm³/mol. The lowest BCUT2D eigenvalue weighted by molar-refractivity contribution is 0.425. The standard InChI is InChI=1S/C6H3BBr3ClO2/c8-2-1-3(9)5(10)6(11)4(2)7(12)13/h1,12-13H. The lowest BCUT2D eigenvalue weighted by Gasteiger charge is -2.09. The third kappa shape index (κ3) is 2.49. The molecular formula is C6H3BBr3ClO2. The molecule has 1 aromatic carbocycles. The molecule has 1 aromatic rings. The van der Waals surface area contributed by atoms with Gasteiger partial charge < -0.3 is 10.0 Å². The molecule has 0 saturated heterocycles. The second kappa shape index (κ2) is 4.64. The molecule has 0 aliphatic heterocycles.